The summed E-state index contributed by atoms with van der Waals surface area (Å²) in [6.07, 6.45) is 3.25. The monoisotopic (exact) mass is 260 g/mol. The van der Waals surface area contributed by atoms with Crippen molar-refractivity contribution in [2.45, 2.75) is 25.4 Å². The van der Waals surface area contributed by atoms with Crippen molar-refractivity contribution in [3.8, 4) is 0 Å². The van der Waals surface area contributed by atoms with Gasteiger partial charge in [0.15, 0.2) is 0 Å². The maximum Gasteiger partial charge on any atom is 0.329 e. The Morgan fingerprint density at radius 3 is 2.78 bits per heavy atom. The van der Waals surface area contributed by atoms with E-state index in [0.717, 1.165) is 25.9 Å². The summed E-state index contributed by atoms with van der Waals surface area (Å²) in [7, 11) is 0. The molecule has 0 radical (unpaired) electrons. The van der Waals surface area contributed by atoms with Crippen molar-refractivity contribution < 1.29 is 24.2 Å². The summed E-state index contributed by atoms with van der Waals surface area (Å²) < 4.78 is 10.2. The van der Waals surface area contributed by atoms with Crippen molar-refractivity contribution in [2.75, 3.05) is 32.9 Å². The molecule has 0 aliphatic carbocycles. The van der Waals surface area contributed by atoms with Gasteiger partial charge >= 0.3 is 12.0 Å². The number of carbonyl (C=O) groups excluding carboxylic acids is 1. The number of carboxylic acids is 1. The lowest BCUT2D eigenvalue weighted by molar-refractivity contribution is -0.142. The number of carbonyl (C=O) groups is 2. The third-order valence-corrected chi connectivity index (χ3v) is 2.53. The molecule has 7 nitrogen and oxygen atoms in total. The quantitative estimate of drug-likeness (QED) is 0.532. The zero-order valence-corrected chi connectivity index (χ0v) is 10.3. The van der Waals surface area contributed by atoms with E-state index in [1.165, 1.54) is 0 Å². The van der Waals surface area contributed by atoms with Crippen LogP contribution in [0.2, 0.25) is 0 Å². The van der Waals surface area contributed by atoms with E-state index in [9.17, 15) is 9.59 Å². The number of aliphatic carboxylic acids is 1. The average Bonchev–Trinajstić information content (AvgIpc) is 2.81. The van der Waals surface area contributed by atoms with Crippen molar-refractivity contribution in [1.82, 2.24) is 10.6 Å². The highest BCUT2D eigenvalue weighted by Crippen LogP contribution is 2.14. The number of carboxylic acid groups (broad SMARTS) is 1. The van der Waals surface area contributed by atoms with Gasteiger partial charge in [0.1, 0.15) is 6.61 Å². The summed E-state index contributed by atoms with van der Waals surface area (Å²) in [6.45, 7) is 1.52. The van der Waals surface area contributed by atoms with Crippen LogP contribution in [0.1, 0.15) is 19.3 Å². The molecule has 1 aliphatic heterocycles. The summed E-state index contributed by atoms with van der Waals surface area (Å²) in [4.78, 5) is 21.4. The fraction of sp³-hybridized carbons (Fsp3) is 0.818. The maximum absolute atomic E-state index is 11.3. The van der Waals surface area contributed by atoms with Gasteiger partial charge in [0.25, 0.3) is 0 Å². The fourth-order valence-corrected chi connectivity index (χ4v) is 1.68. The Labute approximate surface area is 106 Å². The molecule has 0 saturated carbocycles. The molecule has 1 rings (SSSR count). The number of nitrogens with one attached hydrogen (secondary N) is 2. The van der Waals surface area contributed by atoms with Gasteiger partial charge in [-0.25, -0.2) is 9.59 Å². The van der Waals surface area contributed by atoms with Crippen LogP contribution < -0.4 is 10.6 Å². The standard InChI is InChI=1S/C11H20N2O5/c14-10(15)8-17-7-5-13-11(16)12-4-3-9-2-1-6-18-9/h9H,1-8H2,(H,14,15)(H2,12,13,16). The van der Waals surface area contributed by atoms with Crippen LogP contribution in [0.4, 0.5) is 4.79 Å². The van der Waals surface area contributed by atoms with Crippen molar-refractivity contribution in [3.63, 3.8) is 0 Å². The molecule has 3 N–H and O–H groups in total. The highest BCUT2D eigenvalue weighted by atomic mass is 16.5. The number of hydrogen-bond acceptors (Lipinski definition) is 4. The predicted molar refractivity (Wildman–Crippen MR) is 63.4 cm³/mol. The number of amides is 2. The van der Waals surface area contributed by atoms with Gasteiger partial charge in [0, 0.05) is 19.7 Å². The lowest BCUT2D eigenvalue weighted by Crippen LogP contribution is -2.38. The van der Waals surface area contributed by atoms with Gasteiger partial charge in [0.05, 0.1) is 12.7 Å². The number of ether oxygens (including phenoxy) is 2. The van der Waals surface area contributed by atoms with Crippen LogP contribution in [-0.4, -0.2) is 56.1 Å². The van der Waals surface area contributed by atoms with E-state index in [1.807, 2.05) is 0 Å². The lowest BCUT2D eigenvalue weighted by atomic mass is 10.2. The first-order chi connectivity index (χ1) is 8.68. The number of hydrogen-bond donors (Lipinski definition) is 3. The first-order valence-corrected chi connectivity index (χ1v) is 6.11. The minimum absolute atomic E-state index is 0.186. The van der Waals surface area contributed by atoms with E-state index in [2.05, 4.69) is 10.6 Å². The van der Waals surface area contributed by atoms with Crippen molar-refractivity contribution in [2.24, 2.45) is 0 Å². The Kier molecular flexibility index (Phi) is 7.12. The van der Waals surface area contributed by atoms with Crippen LogP contribution in [0.3, 0.4) is 0 Å². The molecule has 1 aliphatic rings. The number of rotatable bonds is 8. The highest BCUT2D eigenvalue weighted by Gasteiger charge is 2.14. The molecule has 1 saturated heterocycles. The Bertz CT molecular complexity index is 266. The lowest BCUT2D eigenvalue weighted by Gasteiger charge is -2.10. The Hall–Kier alpha value is -1.34. The van der Waals surface area contributed by atoms with Crippen LogP contribution in [-0.2, 0) is 14.3 Å². The van der Waals surface area contributed by atoms with E-state index in [4.69, 9.17) is 14.6 Å². The van der Waals surface area contributed by atoms with Gasteiger partial charge in [-0.05, 0) is 19.3 Å². The van der Waals surface area contributed by atoms with Gasteiger partial charge in [-0.1, -0.05) is 0 Å². The first kappa shape index (κ1) is 14.7. The predicted octanol–water partition coefficient (Wildman–Crippen LogP) is -0.0441. The van der Waals surface area contributed by atoms with Crippen molar-refractivity contribution in [3.05, 3.63) is 0 Å². The summed E-state index contributed by atoms with van der Waals surface area (Å²) in [6, 6.07) is -0.271. The Morgan fingerprint density at radius 2 is 2.11 bits per heavy atom. The zero-order chi connectivity index (χ0) is 13.2. The Balaban J connectivity index is 1.88. The Morgan fingerprint density at radius 1 is 1.33 bits per heavy atom. The van der Waals surface area contributed by atoms with Crippen molar-refractivity contribution in [1.29, 1.82) is 0 Å². The summed E-state index contributed by atoms with van der Waals surface area (Å²) in [5.41, 5.74) is 0. The molecule has 1 heterocycles. The molecular weight excluding hydrogens is 240 g/mol. The third-order valence-electron chi connectivity index (χ3n) is 2.53. The molecule has 1 atom stereocenters. The van der Waals surface area contributed by atoms with E-state index in [0.29, 0.717) is 13.1 Å². The summed E-state index contributed by atoms with van der Waals surface area (Å²) >= 11 is 0. The fourth-order valence-electron chi connectivity index (χ4n) is 1.68. The molecule has 0 aromatic carbocycles. The normalized spacial score (nSPS) is 18.6. The van der Waals surface area contributed by atoms with E-state index in [-0.39, 0.29) is 25.3 Å². The van der Waals surface area contributed by atoms with Crippen molar-refractivity contribution >= 4 is 12.0 Å². The van der Waals surface area contributed by atoms with E-state index >= 15 is 0 Å². The minimum Gasteiger partial charge on any atom is -0.480 e. The van der Waals surface area contributed by atoms with E-state index < -0.39 is 5.97 Å². The topological polar surface area (TPSA) is 96.9 Å². The second-order valence-electron chi connectivity index (χ2n) is 4.05. The molecule has 1 fully saturated rings. The molecule has 0 bridgehead atoms. The molecule has 0 aromatic heterocycles. The molecule has 18 heavy (non-hydrogen) atoms. The molecular formula is C11H20N2O5. The summed E-state index contributed by atoms with van der Waals surface area (Å²) in [5.74, 6) is -1.02. The molecule has 0 aromatic rings. The zero-order valence-electron chi connectivity index (χ0n) is 10.3. The maximum atomic E-state index is 11.3. The molecule has 2 amide bonds. The van der Waals surface area contributed by atoms with Crippen LogP contribution in [0, 0.1) is 0 Å². The van der Waals surface area contributed by atoms with Crippen LogP contribution in [0.25, 0.3) is 0 Å². The van der Waals surface area contributed by atoms with E-state index in [1.54, 1.807) is 0 Å². The third kappa shape index (κ3) is 7.08. The van der Waals surface area contributed by atoms with Crippen LogP contribution in [0.15, 0.2) is 0 Å². The smallest absolute Gasteiger partial charge is 0.329 e. The molecule has 0 spiro atoms. The number of urea groups is 1. The second-order valence-corrected chi connectivity index (χ2v) is 4.05. The largest absolute Gasteiger partial charge is 0.480 e. The molecule has 7 heteroatoms. The van der Waals surface area contributed by atoms with Gasteiger partial charge < -0.3 is 25.2 Å². The SMILES string of the molecule is O=C(O)COCCNC(=O)NCCC1CCCO1. The van der Waals surface area contributed by atoms with Crippen LogP contribution >= 0.6 is 0 Å². The van der Waals surface area contributed by atoms with Gasteiger partial charge in [-0.2, -0.15) is 0 Å². The minimum atomic E-state index is -1.02. The molecule has 104 valence electrons. The van der Waals surface area contributed by atoms with Gasteiger partial charge in [-0.15, -0.1) is 0 Å². The highest BCUT2D eigenvalue weighted by molar-refractivity contribution is 5.73. The second kappa shape index (κ2) is 8.71. The van der Waals surface area contributed by atoms with Crippen LogP contribution in [0.5, 0.6) is 0 Å². The van der Waals surface area contributed by atoms with Gasteiger partial charge in [0.2, 0.25) is 0 Å². The first-order valence-electron chi connectivity index (χ1n) is 6.11. The summed E-state index contributed by atoms with van der Waals surface area (Å²) in [5, 5.41) is 13.6. The molecule has 1 unspecified atom stereocenters. The average molecular weight is 260 g/mol. The van der Waals surface area contributed by atoms with Gasteiger partial charge in [-0.3, -0.25) is 0 Å².